The maximum Gasteiger partial charge on any atom is 0.252 e. The van der Waals surface area contributed by atoms with E-state index in [0.717, 1.165) is 32.1 Å². The van der Waals surface area contributed by atoms with Crippen LogP contribution in [0.1, 0.15) is 76.1 Å². The average molecular weight is 464 g/mol. The van der Waals surface area contributed by atoms with Crippen LogP contribution in [0.3, 0.4) is 0 Å². The van der Waals surface area contributed by atoms with Gasteiger partial charge in [-0.05, 0) is 69.7 Å². The van der Waals surface area contributed by atoms with Crippen molar-refractivity contribution in [3.8, 4) is 0 Å². The van der Waals surface area contributed by atoms with Crippen LogP contribution in [0.15, 0.2) is 29.2 Å². The number of piperidine rings is 1. The Morgan fingerprint density at radius 1 is 1.03 bits per heavy atom. The number of benzene rings is 1. The van der Waals surface area contributed by atoms with Gasteiger partial charge < -0.3 is 10.2 Å². The summed E-state index contributed by atoms with van der Waals surface area (Å²) in [4.78, 5) is 28.3. The first kappa shape index (κ1) is 24.7. The summed E-state index contributed by atoms with van der Waals surface area (Å²) in [6.45, 7) is 8.30. The lowest BCUT2D eigenvalue weighted by Gasteiger charge is -2.40. The molecule has 0 atom stereocenters. The van der Waals surface area contributed by atoms with Crippen molar-refractivity contribution >= 4 is 21.8 Å². The predicted molar refractivity (Wildman–Crippen MR) is 125 cm³/mol. The molecule has 0 radical (unpaired) electrons. The largest absolute Gasteiger partial charge is 0.341 e. The molecule has 0 aromatic heterocycles. The maximum atomic E-state index is 13.3. The van der Waals surface area contributed by atoms with Crippen molar-refractivity contribution < 1.29 is 18.0 Å². The van der Waals surface area contributed by atoms with Crippen LogP contribution in [0.4, 0.5) is 0 Å². The minimum atomic E-state index is -3.56. The molecule has 1 aliphatic carbocycles. The van der Waals surface area contributed by atoms with Gasteiger partial charge in [-0.15, -0.1) is 0 Å². The van der Waals surface area contributed by atoms with E-state index in [1.807, 2.05) is 13.8 Å². The van der Waals surface area contributed by atoms with E-state index in [4.69, 9.17) is 0 Å². The van der Waals surface area contributed by atoms with E-state index in [-0.39, 0.29) is 16.7 Å². The number of nitrogens with one attached hydrogen (secondary N) is 1. The highest BCUT2D eigenvalue weighted by atomic mass is 32.2. The first-order valence-corrected chi connectivity index (χ1v) is 13.4. The van der Waals surface area contributed by atoms with Crippen LogP contribution in [-0.4, -0.2) is 61.2 Å². The second-order valence-corrected chi connectivity index (χ2v) is 11.1. The highest BCUT2D eigenvalue weighted by molar-refractivity contribution is 7.89. The Kier molecular flexibility index (Phi) is 7.98. The first-order chi connectivity index (χ1) is 15.2. The van der Waals surface area contributed by atoms with E-state index in [0.29, 0.717) is 50.5 Å². The third-order valence-electron chi connectivity index (χ3n) is 7.02. The number of carbonyl (C=O) groups excluding carboxylic acids is 2. The third-order valence-corrected chi connectivity index (χ3v) is 8.93. The SMILES string of the molecule is CCN(CC)C(=O)C1(NC(=O)c2ccc(S(=O)(=O)N3CCC(C)CC3)cc2)CCCCC1. The van der Waals surface area contributed by atoms with Gasteiger partial charge in [0.05, 0.1) is 4.90 Å². The van der Waals surface area contributed by atoms with Crippen molar-refractivity contribution in [2.24, 2.45) is 5.92 Å². The van der Waals surface area contributed by atoms with Gasteiger partial charge in [0, 0.05) is 31.7 Å². The Balaban J connectivity index is 1.76. The minimum absolute atomic E-state index is 0.0194. The Labute approximate surface area is 192 Å². The van der Waals surface area contributed by atoms with Crippen molar-refractivity contribution in [2.75, 3.05) is 26.2 Å². The average Bonchev–Trinajstić information content (AvgIpc) is 2.80. The summed E-state index contributed by atoms with van der Waals surface area (Å²) < 4.78 is 27.4. The van der Waals surface area contributed by atoms with Crippen molar-refractivity contribution in [1.82, 2.24) is 14.5 Å². The van der Waals surface area contributed by atoms with Gasteiger partial charge in [0.25, 0.3) is 5.91 Å². The van der Waals surface area contributed by atoms with E-state index in [1.54, 1.807) is 17.0 Å². The van der Waals surface area contributed by atoms with Gasteiger partial charge in [-0.2, -0.15) is 4.31 Å². The fourth-order valence-corrected chi connectivity index (χ4v) is 6.27. The molecular weight excluding hydrogens is 426 g/mol. The second-order valence-electron chi connectivity index (χ2n) is 9.19. The molecule has 3 rings (SSSR count). The molecule has 1 aromatic carbocycles. The zero-order valence-corrected chi connectivity index (χ0v) is 20.4. The molecule has 0 bridgehead atoms. The lowest BCUT2D eigenvalue weighted by Crippen LogP contribution is -2.60. The van der Waals surface area contributed by atoms with Crippen LogP contribution in [0.2, 0.25) is 0 Å². The molecule has 7 nitrogen and oxygen atoms in total. The first-order valence-electron chi connectivity index (χ1n) is 12.0. The summed E-state index contributed by atoms with van der Waals surface area (Å²) in [5.41, 5.74) is -0.509. The molecule has 1 aliphatic heterocycles. The van der Waals surface area contributed by atoms with Gasteiger partial charge in [-0.1, -0.05) is 26.2 Å². The molecule has 0 spiro atoms. The number of nitrogens with zero attached hydrogens (tertiary/aromatic N) is 2. The molecule has 1 aromatic rings. The van der Waals surface area contributed by atoms with Crippen molar-refractivity contribution in [1.29, 1.82) is 0 Å². The quantitative estimate of drug-likeness (QED) is 0.671. The summed E-state index contributed by atoms with van der Waals surface area (Å²) in [5.74, 6) is 0.191. The normalized spacial score (nSPS) is 20.0. The van der Waals surface area contributed by atoms with Crippen LogP contribution in [-0.2, 0) is 14.8 Å². The number of sulfonamides is 1. The van der Waals surface area contributed by atoms with E-state index in [2.05, 4.69) is 12.2 Å². The van der Waals surface area contributed by atoms with Crippen LogP contribution in [0.25, 0.3) is 0 Å². The minimum Gasteiger partial charge on any atom is -0.341 e. The summed E-state index contributed by atoms with van der Waals surface area (Å²) in [6, 6.07) is 6.10. The fourth-order valence-electron chi connectivity index (χ4n) is 4.80. The van der Waals surface area contributed by atoms with Gasteiger partial charge in [0.2, 0.25) is 15.9 Å². The van der Waals surface area contributed by atoms with E-state index < -0.39 is 15.6 Å². The van der Waals surface area contributed by atoms with Gasteiger partial charge >= 0.3 is 0 Å². The van der Waals surface area contributed by atoms with Gasteiger partial charge in [0.15, 0.2) is 0 Å². The smallest absolute Gasteiger partial charge is 0.252 e. The van der Waals surface area contributed by atoms with Crippen LogP contribution in [0.5, 0.6) is 0 Å². The Bertz CT molecular complexity index is 896. The summed E-state index contributed by atoms with van der Waals surface area (Å²) in [7, 11) is -3.56. The van der Waals surface area contributed by atoms with E-state index >= 15 is 0 Å². The van der Waals surface area contributed by atoms with Crippen molar-refractivity contribution in [2.45, 2.75) is 76.2 Å². The van der Waals surface area contributed by atoms with Crippen LogP contribution >= 0.6 is 0 Å². The van der Waals surface area contributed by atoms with Gasteiger partial charge in [-0.3, -0.25) is 9.59 Å². The number of rotatable bonds is 7. The van der Waals surface area contributed by atoms with Crippen LogP contribution in [0, 0.1) is 5.92 Å². The standard InChI is InChI=1S/C24H37N3O4S/c1-4-26(5-2)23(29)24(15-7-6-8-16-24)25-22(28)20-9-11-21(12-10-20)32(30,31)27-17-13-19(3)14-18-27/h9-12,19H,4-8,13-18H2,1-3H3,(H,25,28). The van der Waals surface area contributed by atoms with E-state index in [9.17, 15) is 18.0 Å². The molecule has 32 heavy (non-hydrogen) atoms. The molecule has 1 heterocycles. The Morgan fingerprint density at radius 2 is 1.59 bits per heavy atom. The molecule has 0 unspecified atom stereocenters. The molecular formula is C24H37N3O4S. The van der Waals surface area contributed by atoms with Gasteiger partial charge in [0.1, 0.15) is 5.54 Å². The number of hydrogen-bond acceptors (Lipinski definition) is 4. The molecule has 2 amide bonds. The predicted octanol–water partition coefficient (Wildman–Crippen LogP) is 3.41. The van der Waals surface area contributed by atoms with Crippen molar-refractivity contribution in [3.05, 3.63) is 29.8 Å². The molecule has 2 aliphatic rings. The molecule has 1 saturated carbocycles. The number of carbonyl (C=O) groups is 2. The van der Waals surface area contributed by atoms with Gasteiger partial charge in [-0.25, -0.2) is 8.42 Å². The Hall–Kier alpha value is -1.93. The highest BCUT2D eigenvalue weighted by Gasteiger charge is 2.43. The number of likely N-dealkylation sites (N-methyl/N-ethyl adjacent to an activating group) is 1. The zero-order valence-electron chi connectivity index (χ0n) is 19.6. The second kappa shape index (κ2) is 10.3. The molecule has 2 fully saturated rings. The zero-order chi connectivity index (χ0) is 23.4. The molecule has 178 valence electrons. The summed E-state index contributed by atoms with van der Waals surface area (Å²) in [6.07, 6.45) is 5.86. The number of amides is 2. The lowest BCUT2D eigenvalue weighted by atomic mass is 9.80. The highest BCUT2D eigenvalue weighted by Crippen LogP contribution is 2.31. The molecule has 1 saturated heterocycles. The molecule has 8 heteroatoms. The number of hydrogen-bond donors (Lipinski definition) is 1. The molecule has 1 N–H and O–H groups in total. The van der Waals surface area contributed by atoms with E-state index in [1.165, 1.54) is 16.4 Å². The third kappa shape index (κ3) is 5.17. The Morgan fingerprint density at radius 3 is 2.12 bits per heavy atom. The monoisotopic (exact) mass is 463 g/mol. The topological polar surface area (TPSA) is 86.8 Å². The lowest BCUT2D eigenvalue weighted by molar-refractivity contribution is -0.139. The summed E-state index contributed by atoms with van der Waals surface area (Å²) in [5, 5.41) is 3.03. The summed E-state index contributed by atoms with van der Waals surface area (Å²) >= 11 is 0. The van der Waals surface area contributed by atoms with Crippen molar-refractivity contribution in [3.63, 3.8) is 0 Å². The maximum absolute atomic E-state index is 13.3. The fraction of sp³-hybridized carbons (Fsp3) is 0.667. The van der Waals surface area contributed by atoms with Crippen LogP contribution < -0.4 is 5.32 Å².